The van der Waals surface area contributed by atoms with Gasteiger partial charge in [0.05, 0.1) is 4.90 Å². The Bertz CT molecular complexity index is 772. The average Bonchev–Trinajstić information content (AvgIpc) is 2.64. The summed E-state index contributed by atoms with van der Waals surface area (Å²) in [5, 5.41) is 3.36. The van der Waals surface area contributed by atoms with Crippen LogP contribution in [-0.4, -0.2) is 61.8 Å². The molecule has 144 valence electrons. The van der Waals surface area contributed by atoms with E-state index in [1.165, 1.54) is 0 Å². The molecule has 1 aromatic carbocycles. The number of nitrogens with one attached hydrogen (secondary N) is 1. The molecular weight excluding hydrogens is 350 g/mol. The number of aryl methyl sites for hydroxylation is 1. The molecule has 2 aliphatic rings. The molecule has 0 spiro atoms. The van der Waals surface area contributed by atoms with Crippen LogP contribution in [0.25, 0.3) is 0 Å². The highest BCUT2D eigenvalue weighted by Gasteiger charge is 2.31. The van der Waals surface area contributed by atoms with Crippen molar-refractivity contribution < 1.29 is 13.2 Å². The zero-order valence-corrected chi connectivity index (χ0v) is 16.7. The van der Waals surface area contributed by atoms with Gasteiger partial charge in [-0.1, -0.05) is 12.5 Å². The molecular formula is C19H29N3O3S. The molecule has 2 aliphatic heterocycles. The van der Waals surface area contributed by atoms with Crippen LogP contribution in [-0.2, 0) is 10.0 Å². The highest BCUT2D eigenvalue weighted by Crippen LogP contribution is 2.24. The van der Waals surface area contributed by atoms with Gasteiger partial charge in [0.15, 0.2) is 0 Å². The molecule has 6 nitrogen and oxygen atoms in total. The Morgan fingerprint density at radius 3 is 2.50 bits per heavy atom. The lowest BCUT2D eigenvalue weighted by molar-refractivity contribution is 0.0602. The Morgan fingerprint density at radius 1 is 1.12 bits per heavy atom. The van der Waals surface area contributed by atoms with Crippen LogP contribution >= 0.6 is 0 Å². The number of benzene rings is 1. The molecule has 0 aromatic heterocycles. The number of sulfonamides is 1. The Labute approximate surface area is 156 Å². The number of rotatable bonds is 3. The molecule has 0 bridgehead atoms. The largest absolute Gasteiger partial charge is 0.333 e. The summed E-state index contributed by atoms with van der Waals surface area (Å²) in [6.45, 7) is 8.46. The van der Waals surface area contributed by atoms with E-state index in [9.17, 15) is 13.2 Å². The van der Waals surface area contributed by atoms with Crippen LogP contribution < -0.4 is 5.32 Å². The van der Waals surface area contributed by atoms with E-state index in [0.29, 0.717) is 25.2 Å². The lowest BCUT2D eigenvalue weighted by Crippen LogP contribution is -2.57. The zero-order valence-electron chi connectivity index (χ0n) is 15.9. The third-order valence-corrected chi connectivity index (χ3v) is 7.58. The van der Waals surface area contributed by atoms with Crippen LogP contribution in [0.2, 0.25) is 0 Å². The first kappa shape index (κ1) is 19.3. The van der Waals surface area contributed by atoms with Crippen molar-refractivity contribution in [1.82, 2.24) is 14.5 Å². The molecule has 2 atom stereocenters. The SMILES string of the molecule is Cc1ccc(S(=O)(=O)N2CCCCC2)cc1C(=O)N1CCNC(C)C1C. The van der Waals surface area contributed by atoms with Gasteiger partial charge >= 0.3 is 0 Å². The summed E-state index contributed by atoms with van der Waals surface area (Å²) in [6, 6.07) is 5.23. The molecule has 2 fully saturated rings. The van der Waals surface area contributed by atoms with Gasteiger partial charge in [0.1, 0.15) is 0 Å². The summed E-state index contributed by atoms with van der Waals surface area (Å²) in [5.41, 5.74) is 1.30. The number of hydrogen-bond donors (Lipinski definition) is 1. The molecule has 26 heavy (non-hydrogen) atoms. The normalized spacial score (nSPS) is 25.3. The quantitative estimate of drug-likeness (QED) is 0.872. The van der Waals surface area contributed by atoms with Crippen molar-refractivity contribution in [3.63, 3.8) is 0 Å². The number of hydrogen-bond acceptors (Lipinski definition) is 4. The van der Waals surface area contributed by atoms with Crippen LogP contribution in [0.1, 0.15) is 49.0 Å². The number of piperidine rings is 1. The Balaban J connectivity index is 1.91. The predicted molar refractivity (Wildman–Crippen MR) is 102 cm³/mol. The second-order valence-corrected chi connectivity index (χ2v) is 9.36. The number of carbonyl (C=O) groups is 1. The van der Waals surface area contributed by atoms with Crippen LogP contribution in [0.15, 0.2) is 23.1 Å². The monoisotopic (exact) mass is 379 g/mol. The smallest absolute Gasteiger partial charge is 0.254 e. The minimum absolute atomic E-state index is 0.0676. The molecule has 1 amide bonds. The molecule has 7 heteroatoms. The Kier molecular flexibility index (Phi) is 5.69. The van der Waals surface area contributed by atoms with Crippen LogP contribution in [0.5, 0.6) is 0 Å². The number of nitrogens with zero attached hydrogens (tertiary/aromatic N) is 2. The molecule has 0 saturated carbocycles. The third kappa shape index (κ3) is 3.66. The first-order chi connectivity index (χ1) is 12.3. The summed E-state index contributed by atoms with van der Waals surface area (Å²) >= 11 is 0. The fourth-order valence-electron chi connectivity index (χ4n) is 3.74. The van der Waals surface area contributed by atoms with Crippen molar-refractivity contribution in [3.8, 4) is 0 Å². The summed E-state index contributed by atoms with van der Waals surface area (Å²) in [7, 11) is -3.54. The van der Waals surface area contributed by atoms with Crippen molar-refractivity contribution in [2.75, 3.05) is 26.2 Å². The van der Waals surface area contributed by atoms with Gasteiger partial charge in [0.2, 0.25) is 10.0 Å². The number of carbonyl (C=O) groups excluding carboxylic acids is 1. The summed E-state index contributed by atoms with van der Waals surface area (Å²) < 4.78 is 27.5. The van der Waals surface area contributed by atoms with Gasteiger partial charge in [-0.25, -0.2) is 8.42 Å². The topological polar surface area (TPSA) is 69.7 Å². The molecule has 0 radical (unpaired) electrons. The fraction of sp³-hybridized carbons (Fsp3) is 0.632. The highest BCUT2D eigenvalue weighted by atomic mass is 32.2. The van der Waals surface area contributed by atoms with E-state index in [1.54, 1.807) is 22.5 Å². The Hall–Kier alpha value is -1.44. The number of piperazine rings is 1. The summed E-state index contributed by atoms with van der Waals surface area (Å²) in [5.74, 6) is -0.0842. The van der Waals surface area contributed by atoms with Gasteiger partial charge in [-0.15, -0.1) is 0 Å². The fourth-order valence-corrected chi connectivity index (χ4v) is 5.29. The second kappa shape index (κ2) is 7.66. The average molecular weight is 380 g/mol. The van der Waals surface area contributed by atoms with Crippen molar-refractivity contribution in [1.29, 1.82) is 0 Å². The van der Waals surface area contributed by atoms with Gasteiger partial charge in [0.25, 0.3) is 5.91 Å². The minimum Gasteiger partial charge on any atom is -0.333 e. The molecule has 2 heterocycles. The van der Waals surface area contributed by atoms with E-state index < -0.39 is 10.0 Å². The molecule has 1 aromatic rings. The maximum absolute atomic E-state index is 13.1. The molecule has 1 N–H and O–H groups in total. The van der Waals surface area contributed by atoms with E-state index in [2.05, 4.69) is 12.2 Å². The van der Waals surface area contributed by atoms with E-state index in [4.69, 9.17) is 0 Å². The maximum atomic E-state index is 13.1. The highest BCUT2D eigenvalue weighted by molar-refractivity contribution is 7.89. The molecule has 0 aliphatic carbocycles. The lowest BCUT2D eigenvalue weighted by Gasteiger charge is -2.39. The van der Waals surface area contributed by atoms with E-state index >= 15 is 0 Å². The number of amides is 1. The van der Waals surface area contributed by atoms with Crippen molar-refractivity contribution in [2.24, 2.45) is 0 Å². The van der Waals surface area contributed by atoms with Crippen molar-refractivity contribution in [2.45, 2.75) is 57.0 Å². The van der Waals surface area contributed by atoms with Gasteiger partial charge in [-0.05, 0) is 51.3 Å². The van der Waals surface area contributed by atoms with Gasteiger partial charge in [-0.3, -0.25) is 4.79 Å². The van der Waals surface area contributed by atoms with Gasteiger partial charge in [0, 0.05) is 43.8 Å². The second-order valence-electron chi connectivity index (χ2n) is 7.42. The molecule has 2 saturated heterocycles. The van der Waals surface area contributed by atoms with Gasteiger partial charge in [-0.2, -0.15) is 4.31 Å². The summed E-state index contributed by atoms with van der Waals surface area (Å²) in [6.07, 6.45) is 2.86. The van der Waals surface area contributed by atoms with Crippen LogP contribution in [0, 0.1) is 6.92 Å². The zero-order chi connectivity index (χ0) is 18.9. The van der Waals surface area contributed by atoms with Gasteiger partial charge < -0.3 is 10.2 Å². The third-order valence-electron chi connectivity index (χ3n) is 5.69. The maximum Gasteiger partial charge on any atom is 0.254 e. The van der Waals surface area contributed by atoms with Crippen molar-refractivity contribution >= 4 is 15.9 Å². The molecule has 3 rings (SSSR count). The lowest BCUT2D eigenvalue weighted by atomic mass is 10.0. The molecule has 2 unspecified atom stereocenters. The standard InChI is InChI=1S/C19H29N3O3S/c1-14-7-8-17(26(24,25)21-10-5-4-6-11-21)13-18(14)19(23)22-12-9-20-15(2)16(22)3/h7-8,13,15-16,20H,4-6,9-12H2,1-3H3. The van der Waals surface area contributed by atoms with E-state index in [0.717, 1.165) is 31.4 Å². The van der Waals surface area contributed by atoms with Crippen LogP contribution in [0.4, 0.5) is 0 Å². The summed E-state index contributed by atoms with van der Waals surface area (Å²) in [4.78, 5) is 15.2. The first-order valence-corrected chi connectivity index (χ1v) is 10.9. The van der Waals surface area contributed by atoms with Crippen LogP contribution in [0.3, 0.4) is 0 Å². The predicted octanol–water partition coefficient (Wildman–Crippen LogP) is 1.99. The van der Waals surface area contributed by atoms with E-state index in [-0.39, 0.29) is 22.9 Å². The Morgan fingerprint density at radius 2 is 1.81 bits per heavy atom. The minimum atomic E-state index is -3.54. The first-order valence-electron chi connectivity index (χ1n) is 9.47. The van der Waals surface area contributed by atoms with Crippen molar-refractivity contribution in [3.05, 3.63) is 29.3 Å². The van der Waals surface area contributed by atoms with E-state index in [1.807, 2.05) is 18.7 Å².